The Hall–Kier alpha value is -2.78. The SMILES string of the molecule is N#Cc1c(NC(=O)COc2ccc3oc4c(c3c2)CCCC4)sc2c1CCCC2. The molecule has 0 saturated heterocycles. The molecule has 2 aliphatic carbocycles. The predicted molar refractivity (Wildman–Crippen MR) is 113 cm³/mol. The average Bonchev–Trinajstić information content (AvgIpc) is 3.29. The lowest BCUT2D eigenvalue weighted by Crippen LogP contribution is -2.20. The first kappa shape index (κ1) is 18.3. The number of hydrogen-bond donors (Lipinski definition) is 1. The number of aryl methyl sites for hydroxylation is 3. The molecule has 0 saturated carbocycles. The number of nitriles is 1. The van der Waals surface area contributed by atoms with Crippen molar-refractivity contribution < 1.29 is 13.9 Å². The molecule has 0 radical (unpaired) electrons. The Bertz CT molecular complexity index is 1140. The van der Waals surface area contributed by atoms with Crippen molar-refractivity contribution in [3.8, 4) is 11.8 Å². The van der Waals surface area contributed by atoms with Crippen molar-refractivity contribution in [1.82, 2.24) is 0 Å². The third-order valence-electron chi connectivity index (χ3n) is 5.83. The van der Waals surface area contributed by atoms with Gasteiger partial charge in [0.15, 0.2) is 6.61 Å². The van der Waals surface area contributed by atoms with Crippen LogP contribution in [0.15, 0.2) is 22.6 Å². The highest BCUT2D eigenvalue weighted by Crippen LogP contribution is 2.38. The second kappa shape index (κ2) is 7.57. The van der Waals surface area contributed by atoms with Crippen LogP contribution in [0.4, 0.5) is 5.00 Å². The molecule has 6 heteroatoms. The lowest BCUT2D eigenvalue weighted by molar-refractivity contribution is -0.118. The fraction of sp³-hybridized carbons (Fsp3) is 0.391. The molecule has 2 aromatic heterocycles. The number of ether oxygens (including phenoxy) is 1. The zero-order chi connectivity index (χ0) is 19.8. The van der Waals surface area contributed by atoms with Gasteiger partial charge in [-0.15, -0.1) is 11.3 Å². The molecule has 1 aromatic carbocycles. The molecule has 1 N–H and O–H groups in total. The van der Waals surface area contributed by atoms with Crippen LogP contribution >= 0.6 is 11.3 Å². The van der Waals surface area contributed by atoms with Gasteiger partial charge in [0.2, 0.25) is 0 Å². The number of rotatable bonds is 4. The summed E-state index contributed by atoms with van der Waals surface area (Å²) in [4.78, 5) is 13.7. The van der Waals surface area contributed by atoms with E-state index >= 15 is 0 Å². The van der Waals surface area contributed by atoms with Gasteiger partial charge >= 0.3 is 0 Å². The molecule has 2 aliphatic rings. The molecule has 148 valence electrons. The Morgan fingerprint density at radius 1 is 1.14 bits per heavy atom. The summed E-state index contributed by atoms with van der Waals surface area (Å²) in [5.41, 5.74) is 3.92. The zero-order valence-corrected chi connectivity index (χ0v) is 17.0. The zero-order valence-electron chi connectivity index (χ0n) is 16.2. The van der Waals surface area contributed by atoms with E-state index in [1.165, 1.54) is 34.6 Å². The number of anilines is 1. The maximum Gasteiger partial charge on any atom is 0.262 e. The van der Waals surface area contributed by atoms with Crippen LogP contribution in [0.25, 0.3) is 11.0 Å². The Balaban J connectivity index is 1.29. The molecule has 5 nitrogen and oxygen atoms in total. The molecule has 29 heavy (non-hydrogen) atoms. The topological polar surface area (TPSA) is 75.3 Å². The summed E-state index contributed by atoms with van der Waals surface area (Å²) >= 11 is 1.53. The van der Waals surface area contributed by atoms with E-state index in [-0.39, 0.29) is 12.5 Å². The summed E-state index contributed by atoms with van der Waals surface area (Å²) in [6, 6.07) is 8.01. The van der Waals surface area contributed by atoms with Gasteiger partial charge in [0.25, 0.3) is 5.91 Å². The first-order valence-corrected chi connectivity index (χ1v) is 11.1. The number of thiophene rings is 1. The molecular weight excluding hydrogens is 384 g/mol. The van der Waals surface area contributed by atoms with E-state index in [4.69, 9.17) is 9.15 Å². The smallest absolute Gasteiger partial charge is 0.262 e. The lowest BCUT2D eigenvalue weighted by atomic mass is 9.96. The van der Waals surface area contributed by atoms with E-state index in [9.17, 15) is 10.1 Å². The molecule has 0 unspecified atom stereocenters. The summed E-state index contributed by atoms with van der Waals surface area (Å²) in [7, 11) is 0. The maximum absolute atomic E-state index is 12.5. The molecule has 0 fully saturated rings. The fourth-order valence-corrected chi connectivity index (χ4v) is 5.67. The summed E-state index contributed by atoms with van der Waals surface area (Å²) in [6.45, 7) is -0.0843. The highest BCUT2D eigenvalue weighted by molar-refractivity contribution is 7.16. The van der Waals surface area contributed by atoms with Gasteiger partial charge in [-0.05, 0) is 68.7 Å². The Morgan fingerprint density at radius 3 is 2.79 bits per heavy atom. The fourth-order valence-electron chi connectivity index (χ4n) is 4.42. The molecule has 2 heterocycles. The van der Waals surface area contributed by atoms with Crippen molar-refractivity contribution in [1.29, 1.82) is 5.26 Å². The van der Waals surface area contributed by atoms with Gasteiger partial charge in [0.05, 0.1) is 5.56 Å². The number of fused-ring (bicyclic) bond motifs is 4. The van der Waals surface area contributed by atoms with Crippen LogP contribution < -0.4 is 10.1 Å². The van der Waals surface area contributed by atoms with Crippen LogP contribution in [-0.4, -0.2) is 12.5 Å². The Labute approximate surface area is 173 Å². The van der Waals surface area contributed by atoms with E-state index < -0.39 is 0 Å². The van der Waals surface area contributed by atoms with Crippen molar-refractivity contribution in [2.24, 2.45) is 0 Å². The highest BCUT2D eigenvalue weighted by Gasteiger charge is 2.22. The summed E-state index contributed by atoms with van der Waals surface area (Å²) in [6.07, 6.45) is 8.56. The molecule has 0 bridgehead atoms. The maximum atomic E-state index is 12.5. The number of amides is 1. The molecule has 3 aromatic rings. The van der Waals surface area contributed by atoms with Crippen LogP contribution in [-0.2, 0) is 30.5 Å². The molecule has 0 spiro atoms. The van der Waals surface area contributed by atoms with Crippen LogP contribution in [0.2, 0.25) is 0 Å². The van der Waals surface area contributed by atoms with Gasteiger partial charge in [-0.25, -0.2) is 0 Å². The van der Waals surface area contributed by atoms with Crippen LogP contribution in [0, 0.1) is 11.3 Å². The van der Waals surface area contributed by atoms with Crippen molar-refractivity contribution in [3.05, 3.63) is 45.5 Å². The van der Waals surface area contributed by atoms with Gasteiger partial charge in [-0.1, -0.05) is 0 Å². The third kappa shape index (κ3) is 3.40. The predicted octanol–water partition coefficient (Wildman–Crippen LogP) is 5.14. The number of benzene rings is 1. The monoisotopic (exact) mass is 406 g/mol. The molecule has 5 rings (SSSR count). The lowest BCUT2D eigenvalue weighted by Gasteiger charge is -2.09. The summed E-state index contributed by atoms with van der Waals surface area (Å²) < 4.78 is 11.7. The van der Waals surface area contributed by atoms with Crippen molar-refractivity contribution in [3.63, 3.8) is 0 Å². The van der Waals surface area contributed by atoms with Crippen molar-refractivity contribution >= 4 is 33.2 Å². The van der Waals surface area contributed by atoms with Gasteiger partial charge < -0.3 is 14.5 Å². The second-order valence-electron chi connectivity index (χ2n) is 7.73. The largest absolute Gasteiger partial charge is 0.484 e. The van der Waals surface area contributed by atoms with E-state index in [0.29, 0.717) is 16.3 Å². The number of nitrogens with zero attached hydrogens (tertiary/aromatic N) is 1. The van der Waals surface area contributed by atoms with E-state index in [1.807, 2.05) is 18.2 Å². The minimum absolute atomic E-state index is 0.0843. The number of nitrogens with one attached hydrogen (secondary N) is 1. The average molecular weight is 407 g/mol. The Kier molecular flexibility index (Phi) is 4.76. The first-order chi connectivity index (χ1) is 14.2. The molecule has 0 aliphatic heterocycles. The number of hydrogen-bond acceptors (Lipinski definition) is 5. The van der Waals surface area contributed by atoms with Gasteiger partial charge in [0, 0.05) is 22.2 Å². The normalized spacial score (nSPS) is 15.4. The van der Waals surface area contributed by atoms with Gasteiger partial charge in [0.1, 0.15) is 28.2 Å². The minimum atomic E-state index is -0.241. The number of carbonyl (C=O) groups excluding carboxylic acids is 1. The first-order valence-electron chi connectivity index (χ1n) is 10.2. The number of carbonyl (C=O) groups is 1. The summed E-state index contributed by atoms with van der Waals surface area (Å²) in [5.74, 6) is 1.51. The quantitative estimate of drug-likeness (QED) is 0.651. The van der Waals surface area contributed by atoms with Gasteiger partial charge in [-0.2, -0.15) is 5.26 Å². The molecule has 0 atom stereocenters. The van der Waals surface area contributed by atoms with Crippen molar-refractivity contribution in [2.75, 3.05) is 11.9 Å². The van der Waals surface area contributed by atoms with Crippen LogP contribution in [0.3, 0.4) is 0 Å². The highest BCUT2D eigenvalue weighted by atomic mass is 32.1. The Morgan fingerprint density at radius 2 is 1.93 bits per heavy atom. The minimum Gasteiger partial charge on any atom is -0.484 e. The van der Waals surface area contributed by atoms with E-state index in [2.05, 4.69) is 11.4 Å². The van der Waals surface area contributed by atoms with Crippen molar-refractivity contribution in [2.45, 2.75) is 51.4 Å². The molecule has 1 amide bonds. The van der Waals surface area contributed by atoms with Crippen LogP contribution in [0.1, 0.15) is 53.0 Å². The second-order valence-corrected chi connectivity index (χ2v) is 8.84. The molecular formula is C23H22N2O3S. The number of furan rings is 1. The summed E-state index contributed by atoms with van der Waals surface area (Å²) in [5, 5.41) is 14.2. The standard InChI is InChI=1S/C23H22N2O3S/c24-12-18-16-6-2-4-8-21(16)29-23(18)25-22(26)13-27-14-9-10-20-17(11-14)15-5-1-3-7-19(15)28-20/h9-11H,1-8,13H2,(H,25,26). The van der Waals surface area contributed by atoms with E-state index in [0.717, 1.165) is 60.8 Å². The van der Waals surface area contributed by atoms with Crippen LogP contribution in [0.5, 0.6) is 5.75 Å². The van der Waals surface area contributed by atoms with E-state index in [1.54, 1.807) is 0 Å². The van der Waals surface area contributed by atoms with Gasteiger partial charge in [-0.3, -0.25) is 4.79 Å². The third-order valence-corrected chi connectivity index (χ3v) is 7.04.